The molecule has 0 bridgehead atoms. The topological polar surface area (TPSA) is 90.1 Å². The molecule has 4 aromatic rings. The highest BCUT2D eigenvalue weighted by atomic mass is 32.2. The van der Waals surface area contributed by atoms with E-state index in [1.54, 1.807) is 48.5 Å². The lowest BCUT2D eigenvalue weighted by molar-refractivity contribution is 0.596. The number of azo groups is 2. The second-order valence-electron chi connectivity index (χ2n) is 13.0. The maximum absolute atomic E-state index is 13.4. The summed E-state index contributed by atoms with van der Waals surface area (Å²) in [6.07, 6.45) is 12.0. The van der Waals surface area contributed by atoms with Crippen LogP contribution in [-0.4, -0.2) is 34.6 Å². The lowest BCUT2D eigenvalue weighted by Crippen LogP contribution is -2.25. The highest BCUT2D eigenvalue weighted by molar-refractivity contribution is 7.91. The van der Waals surface area contributed by atoms with E-state index in [1.165, 1.54) is 75.6 Å². The fraction of sp³-hybridized carbons (Fsp3) is 0.429. The molecular formula is C42H56N6O2S. The van der Waals surface area contributed by atoms with Crippen molar-refractivity contribution in [2.45, 2.75) is 102 Å². The largest absolute Gasteiger partial charge is 0.372 e. The van der Waals surface area contributed by atoms with Gasteiger partial charge in [0.05, 0.1) is 32.5 Å². The van der Waals surface area contributed by atoms with Crippen LogP contribution in [0.1, 0.15) is 91.9 Å². The van der Waals surface area contributed by atoms with Crippen molar-refractivity contribution in [1.29, 1.82) is 0 Å². The van der Waals surface area contributed by atoms with Crippen molar-refractivity contribution in [3.05, 3.63) is 97.1 Å². The van der Waals surface area contributed by atoms with E-state index in [2.05, 4.69) is 82.2 Å². The predicted molar refractivity (Wildman–Crippen MR) is 213 cm³/mol. The zero-order chi connectivity index (χ0) is 36.3. The van der Waals surface area contributed by atoms with Gasteiger partial charge in [0.15, 0.2) is 0 Å². The maximum Gasteiger partial charge on any atom is 0.206 e. The van der Waals surface area contributed by atoms with E-state index < -0.39 is 9.84 Å². The number of rotatable bonds is 22. The minimum atomic E-state index is -3.72. The molecule has 0 unspecified atom stereocenters. The van der Waals surface area contributed by atoms with Crippen LogP contribution in [-0.2, 0) is 9.84 Å². The van der Waals surface area contributed by atoms with Gasteiger partial charge < -0.3 is 9.80 Å². The molecule has 4 aromatic carbocycles. The van der Waals surface area contributed by atoms with Gasteiger partial charge in [0.1, 0.15) is 0 Å². The Balaban J connectivity index is 1.35. The van der Waals surface area contributed by atoms with E-state index >= 15 is 0 Å². The zero-order valence-corrected chi connectivity index (χ0v) is 31.9. The van der Waals surface area contributed by atoms with Gasteiger partial charge in [0.25, 0.3) is 0 Å². The first-order valence-electron chi connectivity index (χ1n) is 18.9. The van der Waals surface area contributed by atoms with Crippen LogP contribution >= 0.6 is 0 Å². The Labute approximate surface area is 306 Å². The average molecular weight is 709 g/mol. The van der Waals surface area contributed by atoms with Gasteiger partial charge in [0, 0.05) is 37.6 Å². The van der Waals surface area contributed by atoms with Crippen LogP contribution in [0.25, 0.3) is 0 Å². The lowest BCUT2D eigenvalue weighted by Gasteiger charge is -2.25. The highest BCUT2D eigenvalue weighted by Crippen LogP contribution is 2.28. The number of nitrogens with zero attached hydrogens (tertiary/aromatic N) is 6. The van der Waals surface area contributed by atoms with Gasteiger partial charge in [-0.05, 0) is 123 Å². The van der Waals surface area contributed by atoms with Crippen molar-refractivity contribution in [2.75, 3.05) is 36.0 Å². The smallest absolute Gasteiger partial charge is 0.206 e. The first-order chi connectivity index (χ1) is 24.9. The highest BCUT2D eigenvalue weighted by Gasteiger charge is 2.17. The van der Waals surface area contributed by atoms with Gasteiger partial charge in [-0.2, -0.15) is 20.5 Å². The Kier molecular flexibility index (Phi) is 16.3. The molecule has 0 saturated heterocycles. The van der Waals surface area contributed by atoms with Crippen molar-refractivity contribution in [1.82, 2.24) is 0 Å². The number of sulfone groups is 1. The fourth-order valence-corrected chi connectivity index (χ4v) is 7.02. The van der Waals surface area contributed by atoms with Crippen LogP contribution in [0.5, 0.6) is 0 Å². The first-order valence-corrected chi connectivity index (χ1v) is 20.3. The Morgan fingerprint density at radius 2 is 0.667 bits per heavy atom. The maximum atomic E-state index is 13.4. The molecule has 0 saturated carbocycles. The quantitative estimate of drug-likeness (QED) is 0.0600. The van der Waals surface area contributed by atoms with Crippen molar-refractivity contribution in [3.8, 4) is 0 Å². The molecule has 0 spiro atoms. The molecule has 0 heterocycles. The molecule has 272 valence electrons. The van der Waals surface area contributed by atoms with Gasteiger partial charge in [-0.1, -0.05) is 66.2 Å². The number of benzene rings is 4. The van der Waals surface area contributed by atoms with E-state index in [-0.39, 0.29) is 9.79 Å². The van der Waals surface area contributed by atoms with Crippen LogP contribution in [0.3, 0.4) is 0 Å². The number of unbranched alkanes of at least 4 members (excludes halogenated alkanes) is 6. The molecule has 51 heavy (non-hydrogen) atoms. The molecule has 0 aliphatic rings. The fourth-order valence-electron chi connectivity index (χ4n) is 5.75. The third-order valence-electron chi connectivity index (χ3n) is 8.91. The standard InChI is InChI=1S/C42H56N6O2S/c1-5-9-13-33-48(34-14-10-6-2)40-25-17-36(18-26-40)44-46-38-21-29-42(30-22-38)51(49,50)41-27-19-37(20-28-41)45-43-35-15-23-39(24-16-35)47(31-11-7-3)32-12-8-4/h15-30H,5-14,31-34H2,1-4H3. The molecule has 9 heteroatoms. The van der Waals surface area contributed by atoms with Gasteiger partial charge in [0.2, 0.25) is 9.84 Å². The van der Waals surface area contributed by atoms with Crippen LogP contribution in [0.2, 0.25) is 0 Å². The third-order valence-corrected chi connectivity index (χ3v) is 10.7. The average Bonchev–Trinajstić information content (AvgIpc) is 3.17. The van der Waals surface area contributed by atoms with Crippen molar-refractivity contribution in [3.63, 3.8) is 0 Å². The summed E-state index contributed by atoms with van der Waals surface area (Å²) in [5.41, 5.74) is 5.07. The summed E-state index contributed by atoms with van der Waals surface area (Å²) in [4.78, 5) is 5.29. The Hall–Kier alpha value is -4.37. The monoisotopic (exact) mass is 708 g/mol. The molecule has 0 aromatic heterocycles. The Morgan fingerprint density at radius 3 is 0.961 bits per heavy atom. The Morgan fingerprint density at radius 1 is 0.392 bits per heavy atom. The van der Waals surface area contributed by atoms with Gasteiger partial charge in [-0.25, -0.2) is 8.42 Å². The summed E-state index contributed by atoms with van der Waals surface area (Å²) in [5, 5.41) is 17.5. The second kappa shape index (κ2) is 21.1. The summed E-state index contributed by atoms with van der Waals surface area (Å²) in [5.74, 6) is 0. The molecule has 4 rings (SSSR count). The molecule has 0 radical (unpaired) electrons. The van der Waals surface area contributed by atoms with E-state index in [9.17, 15) is 8.42 Å². The third kappa shape index (κ3) is 12.4. The molecule has 0 N–H and O–H groups in total. The van der Waals surface area contributed by atoms with E-state index in [0.717, 1.165) is 37.6 Å². The molecule has 8 nitrogen and oxygen atoms in total. The Bertz CT molecular complexity index is 1720. The first kappa shape index (κ1) is 39.4. The van der Waals surface area contributed by atoms with Crippen LogP contribution in [0.4, 0.5) is 34.1 Å². The van der Waals surface area contributed by atoms with Crippen molar-refractivity contribution >= 4 is 44.0 Å². The molecule has 0 amide bonds. The van der Waals surface area contributed by atoms with Crippen LogP contribution in [0.15, 0.2) is 127 Å². The number of anilines is 2. The summed E-state index contributed by atoms with van der Waals surface area (Å²) >= 11 is 0. The van der Waals surface area contributed by atoms with E-state index in [4.69, 9.17) is 0 Å². The zero-order valence-electron chi connectivity index (χ0n) is 31.0. The summed E-state index contributed by atoms with van der Waals surface area (Å²) in [6, 6.07) is 29.3. The molecule has 0 fully saturated rings. The molecule has 0 atom stereocenters. The number of hydrogen-bond donors (Lipinski definition) is 0. The van der Waals surface area contributed by atoms with Crippen molar-refractivity contribution < 1.29 is 8.42 Å². The minimum Gasteiger partial charge on any atom is -0.372 e. The number of hydrogen-bond acceptors (Lipinski definition) is 8. The predicted octanol–water partition coefficient (Wildman–Crippen LogP) is 12.9. The summed E-state index contributed by atoms with van der Waals surface area (Å²) in [7, 11) is -3.72. The van der Waals surface area contributed by atoms with Gasteiger partial charge in [-0.3, -0.25) is 0 Å². The normalized spacial score (nSPS) is 11.8. The second-order valence-corrected chi connectivity index (χ2v) is 15.0. The minimum absolute atomic E-state index is 0.193. The summed E-state index contributed by atoms with van der Waals surface area (Å²) < 4.78 is 26.7. The SMILES string of the molecule is CCCCCN(CCCCC)c1ccc(N=Nc2ccc(S(=O)(=O)c3ccc(N=Nc4ccc(N(CCCC)CCCC)cc4)cc3)cc2)cc1. The van der Waals surface area contributed by atoms with Gasteiger partial charge >= 0.3 is 0 Å². The van der Waals surface area contributed by atoms with Crippen molar-refractivity contribution in [2.24, 2.45) is 20.5 Å². The molecule has 0 aliphatic heterocycles. The van der Waals surface area contributed by atoms with Crippen LogP contribution < -0.4 is 9.80 Å². The summed E-state index contributed by atoms with van der Waals surface area (Å²) in [6.45, 7) is 13.1. The van der Waals surface area contributed by atoms with E-state index in [0.29, 0.717) is 11.4 Å². The lowest BCUT2D eigenvalue weighted by atomic mass is 10.2. The van der Waals surface area contributed by atoms with Gasteiger partial charge in [-0.15, -0.1) is 0 Å². The van der Waals surface area contributed by atoms with E-state index in [1.807, 2.05) is 24.3 Å². The molecular weight excluding hydrogens is 653 g/mol. The molecule has 0 aliphatic carbocycles. The van der Waals surface area contributed by atoms with Crippen LogP contribution in [0, 0.1) is 0 Å².